The van der Waals surface area contributed by atoms with Crippen molar-refractivity contribution in [1.82, 2.24) is 20.1 Å². The molecule has 2 fully saturated rings. The van der Waals surface area contributed by atoms with Crippen LogP contribution in [0.1, 0.15) is 11.5 Å². The van der Waals surface area contributed by atoms with Crippen LogP contribution in [0.5, 0.6) is 0 Å². The van der Waals surface area contributed by atoms with Gasteiger partial charge in [0.15, 0.2) is 5.96 Å². The van der Waals surface area contributed by atoms with Crippen molar-refractivity contribution in [2.75, 3.05) is 71.0 Å². The number of hydrogen-bond acceptors (Lipinski definition) is 5. The Kier molecular flexibility index (Phi) is 9.74. The van der Waals surface area contributed by atoms with E-state index in [-0.39, 0.29) is 35.8 Å². The fourth-order valence-electron chi connectivity index (χ4n) is 4.25. The molecule has 2 aromatic rings. The topological polar surface area (TPSA) is 73.3 Å². The minimum Gasteiger partial charge on any atom is -0.378 e. The molecule has 0 radical (unpaired) electrons. The molecule has 2 aliphatic rings. The number of rotatable bonds is 5. The van der Waals surface area contributed by atoms with E-state index < -0.39 is 0 Å². The van der Waals surface area contributed by atoms with Gasteiger partial charge in [0.05, 0.1) is 19.1 Å². The van der Waals surface area contributed by atoms with Crippen molar-refractivity contribution in [3.8, 4) is 0 Å². The number of morpholine rings is 1. The number of benzene rings is 1. The maximum absolute atomic E-state index is 13.3. The van der Waals surface area contributed by atoms with E-state index in [9.17, 15) is 4.79 Å². The zero-order valence-corrected chi connectivity index (χ0v) is 21.4. The summed E-state index contributed by atoms with van der Waals surface area (Å²) in [5.41, 5.74) is 1.02. The molecule has 3 heterocycles. The van der Waals surface area contributed by atoms with Gasteiger partial charge in [0, 0.05) is 59.1 Å². The number of nitrogens with zero attached hydrogens (tertiary/aromatic N) is 5. The highest BCUT2D eigenvalue weighted by atomic mass is 127. The smallest absolute Gasteiger partial charge is 0.232 e. The lowest BCUT2D eigenvalue weighted by Gasteiger charge is -2.37. The number of aromatic nitrogens is 1. The normalized spacial score (nSPS) is 17.8. The first kappa shape index (κ1) is 25.2. The molecule has 33 heavy (non-hydrogen) atoms. The van der Waals surface area contributed by atoms with Gasteiger partial charge in [-0.2, -0.15) is 0 Å². The van der Waals surface area contributed by atoms with Crippen molar-refractivity contribution in [2.45, 2.75) is 5.92 Å². The molecule has 0 saturated carbocycles. The predicted octanol–water partition coefficient (Wildman–Crippen LogP) is 2.04. The lowest BCUT2D eigenvalue weighted by atomic mass is 9.97. The molecule has 178 valence electrons. The van der Waals surface area contributed by atoms with E-state index >= 15 is 0 Å². The lowest BCUT2D eigenvalue weighted by Crippen LogP contribution is -2.54. The van der Waals surface area contributed by atoms with Crippen molar-refractivity contribution in [1.29, 1.82) is 0 Å². The number of amides is 1. The molecular weight excluding hydrogens is 531 g/mol. The van der Waals surface area contributed by atoms with Gasteiger partial charge in [0.25, 0.3) is 0 Å². The molecule has 0 aliphatic carbocycles. The monoisotopic (exact) mass is 564 g/mol. The molecule has 1 amide bonds. The first-order valence-corrected chi connectivity index (χ1v) is 11.3. The Labute approximate surface area is 213 Å². The van der Waals surface area contributed by atoms with Crippen LogP contribution in [-0.2, 0) is 9.53 Å². The number of piperazine rings is 1. The number of anilines is 1. The van der Waals surface area contributed by atoms with Crippen LogP contribution >= 0.6 is 24.0 Å². The average molecular weight is 564 g/mol. The third-order valence-corrected chi connectivity index (χ3v) is 6.05. The summed E-state index contributed by atoms with van der Waals surface area (Å²) in [6.07, 6.45) is 1.83. The van der Waals surface area contributed by atoms with Crippen molar-refractivity contribution in [3.63, 3.8) is 0 Å². The van der Waals surface area contributed by atoms with Crippen LogP contribution in [0.4, 0.5) is 5.82 Å². The number of guanidine groups is 1. The Balaban J connectivity index is 0.00000306. The Morgan fingerprint density at radius 2 is 1.70 bits per heavy atom. The molecule has 8 nitrogen and oxygen atoms in total. The summed E-state index contributed by atoms with van der Waals surface area (Å²) in [6.45, 7) is 6.46. The molecule has 2 aliphatic heterocycles. The second-order valence-electron chi connectivity index (χ2n) is 7.99. The van der Waals surface area contributed by atoms with Crippen LogP contribution in [0.15, 0.2) is 59.7 Å². The summed E-state index contributed by atoms with van der Waals surface area (Å²) in [5.74, 6) is 1.72. The Morgan fingerprint density at radius 3 is 2.33 bits per heavy atom. The number of halogens is 1. The van der Waals surface area contributed by atoms with Gasteiger partial charge in [0.2, 0.25) is 5.91 Å². The molecule has 0 bridgehead atoms. The van der Waals surface area contributed by atoms with E-state index in [0.29, 0.717) is 32.8 Å². The number of carbonyl (C=O) groups is 1. The second kappa shape index (κ2) is 12.7. The molecular formula is C24H33IN6O2. The van der Waals surface area contributed by atoms with Crippen molar-refractivity contribution < 1.29 is 9.53 Å². The van der Waals surface area contributed by atoms with Crippen molar-refractivity contribution >= 4 is 41.7 Å². The molecule has 1 aromatic heterocycles. The van der Waals surface area contributed by atoms with E-state index in [1.807, 2.05) is 59.6 Å². The van der Waals surface area contributed by atoms with Gasteiger partial charge in [-0.15, -0.1) is 24.0 Å². The van der Waals surface area contributed by atoms with Gasteiger partial charge in [-0.1, -0.05) is 36.4 Å². The summed E-state index contributed by atoms with van der Waals surface area (Å²) in [6, 6.07) is 16.0. The van der Waals surface area contributed by atoms with Crippen molar-refractivity contribution in [2.24, 2.45) is 4.99 Å². The first-order valence-electron chi connectivity index (χ1n) is 11.3. The third-order valence-electron chi connectivity index (χ3n) is 6.05. The van der Waals surface area contributed by atoms with Crippen molar-refractivity contribution in [3.05, 3.63) is 60.3 Å². The fourth-order valence-corrected chi connectivity index (χ4v) is 4.25. The van der Waals surface area contributed by atoms with Gasteiger partial charge in [-0.25, -0.2) is 4.98 Å². The zero-order valence-electron chi connectivity index (χ0n) is 19.1. The van der Waals surface area contributed by atoms with Gasteiger partial charge in [-0.05, 0) is 17.7 Å². The van der Waals surface area contributed by atoms with Crippen LogP contribution in [-0.4, -0.2) is 92.7 Å². The first-order chi connectivity index (χ1) is 15.8. The Morgan fingerprint density at radius 1 is 1.00 bits per heavy atom. The zero-order chi connectivity index (χ0) is 22.2. The molecule has 9 heteroatoms. The number of pyridine rings is 1. The quantitative estimate of drug-likeness (QED) is 0.341. The van der Waals surface area contributed by atoms with Crippen LogP contribution < -0.4 is 10.2 Å². The van der Waals surface area contributed by atoms with Crippen LogP contribution in [0.2, 0.25) is 0 Å². The maximum Gasteiger partial charge on any atom is 0.232 e. The SMILES string of the molecule is CN=C(NCC(C(=O)N1CCOCC1)c1ccccc1)N1CCN(c2ccccn2)CC1.I. The van der Waals surface area contributed by atoms with Crippen LogP contribution in [0.3, 0.4) is 0 Å². The molecule has 0 spiro atoms. The fraction of sp³-hybridized carbons (Fsp3) is 0.458. The van der Waals surface area contributed by atoms with Gasteiger partial charge < -0.3 is 24.8 Å². The summed E-state index contributed by atoms with van der Waals surface area (Å²) in [7, 11) is 1.80. The molecule has 2 saturated heterocycles. The van der Waals surface area contributed by atoms with Crippen LogP contribution in [0.25, 0.3) is 0 Å². The molecule has 1 aromatic carbocycles. The van der Waals surface area contributed by atoms with E-state index in [2.05, 4.69) is 25.1 Å². The van der Waals surface area contributed by atoms with Crippen LogP contribution in [0, 0.1) is 0 Å². The average Bonchev–Trinajstić information content (AvgIpc) is 2.88. The summed E-state index contributed by atoms with van der Waals surface area (Å²) in [4.78, 5) is 28.8. The highest BCUT2D eigenvalue weighted by Gasteiger charge is 2.28. The van der Waals surface area contributed by atoms with Gasteiger partial charge in [0.1, 0.15) is 5.82 Å². The summed E-state index contributed by atoms with van der Waals surface area (Å²) in [5, 5.41) is 3.48. The highest BCUT2D eigenvalue weighted by molar-refractivity contribution is 14.0. The summed E-state index contributed by atoms with van der Waals surface area (Å²) >= 11 is 0. The number of aliphatic imine (C=N–C) groups is 1. The molecule has 1 atom stereocenters. The minimum absolute atomic E-state index is 0. The highest BCUT2D eigenvalue weighted by Crippen LogP contribution is 2.19. The largest absolute Gasteiger partial charge is 0.378 e. The van der Waals surface area contributed by atoms with E-state index in [4.69, 9.17) is 4.74 Å². The van der Waals surface area contributed by atoms with E-state index in [1.54, 1.807) is 7.05 Å². The Bertz CT molecular complexity index is 884. The molecule has 4 rings (SSSR count). The maximum atomic E-state index is 13.3. The lowest BCUT2D eigenvalue weighted by molar-refractivity contribution is -0.136. The number of carbonyl (C=O) groups excluding carboxylic acids is 1. The minimum atomic E-state index is -0.263. The second-order valence-corrected chi connectivity index (χ2v) is 7.99. The molecule has 1 unspecified atom stereocenters. The summed E-state index contributed by atoms with van der Waals surface area (Å²) < 4.78 is 5.43. The molecule has 1 N–H and O–H groups in total. The number of nitrogens with one attached hydrogen (secondary N) is 1. The third kappa shape index (κ3) is 6.57. The predicted molar refractivity (Wildman–Crippen MR) is 141 cm³/mol. The Hall–Kier alpha value is -2.40. The van der Waals surface area contributed by atoms with Gasteiger partial charge in [-0.3, -0.25) is 9.79 Å². The number of ether oxygens (including phenoxy) is 1. The number of hydrogen-bond donors (Lipinski definition) is 1. The van der Waals surface area contributed by atoms with Gasteiger partial charge >= 0.3 is 0 Å². The van der Waals surface area contributed by atoms with E-state index in [1.165, 1.54) is 0 Å². The van der Waals surface area contributed by atoms with E-state index in [0.717, 1.165) is 43.5 Å². The standard InChI is InChI=1S/C24H32N6O2.HI/c1-25-24(30-13-11-28(12-14-30)22-9-5-6-10-26-22)27-19-21(20-7-3-2-4-8-20)23(31)29-15-17-32-18-16-29;/h2-10,21H,11-19H2,1H3,(H,25,27);1H.